The van der Waals surface area contributed by atoms with Crippen LogP contribution < -0.4 is 5.32 Å². The normalized spacial score (nSPS) is 17.5. The molecular weight excluding hydrogens is 272 g/mol. The molecule has 1 aromatic heterocycles. The van der Waals surface area contributed by atoms with Gasteiger partial charge in [-0.2, -0.15) is 0 Å². The Balaban J connectivity index is 1.91. The quantitative estimate of drug-likeness (QED) is 0.738. The van der Waals surface area contributed by atoms with E-state index in [1.54, 1.807) is 6.07 Å². The summed E-state index contributed by atoms with van der Waals surface area (Å²) in [6.07, 6.45) is 0.804. The Morgan fingerprint density at radius 2 is 1.95 bits per heavy atom. The van der Waals surface area contributed by atoms with Crippen LogP contribution in [-0.4, -0.2) is 16.1 Å². The fourth-order valence-electron chi connectivity index (χ4n) is 2.97. The van der Waals surface area contributed by atoms with Crippen LogP contribution in [-0.2, 0) is 0 Å². The first-order valence-corrected chi connectivity index (χ1v) is 6.90. The lowest BCUT2D eigenvalue weighted by atomic mass is 10.0. The summed E-state index contributed by atoms with van der Waals surface area (Å²) < 4.78 is 28.7. The molecule has 0 amide bonds. The van der Waals surface area contributed by atoms with Crippen LogP contribution in [0.5, 0.6) is 0 Å². The Kier molecular flexibility index (Phi) is 2.67. The Morgan fingerprint density at radius 3 is 2.81 bits per heavy atom. The van der Waals surface area contributed by atoms with Gasteiger partial charge in [0.1, 0.15) is 0 Å². The molecule has 0 bridgehead atoms. The number of fused-ring (bicyclic) bond motifs is 3. The maximum absolute atomic E-state index is 13.5. The minimum atomic E-state index is -0.816. The number of halogens is 2. The van der Waals surface area contributed by atoms with Gasteiger partial charge in [0.25, 0.3) is 0 Å². The average Bonchev–Trinajstić information content (AvgIpc) is 2.88. The fourth-order valence-corrected chi connectivity index (χ4v) is 2.97. The van der Waals surface area contributed by atoms with E-state index in [9.17, 15) is 8.78 Å². The summed E-state index contributed by atoms with van der Waals surface area (Å²) in [7, 11) is 0. The van der Waals surface area contributed by atoms with E-state index in [1.165, 1.54) is 12.1 Å². The van der Waals surface area contributed by atoms with Crippen LogP contribution in [0.4, 0.5) is 14.7 Å². The number of nitrogens with one attached hydrogen (secondary N) is 1. The van der Waals surface area contributed by atoms with Crippen LogP contribution in [0.2, 0.25) is 0 Å². The smallest absolute Gasteiger partial charge is 0.204 e. The third kappa shape index (κ3) is 1.88. The van der Waals surface area contributed by atoms with Gasteiger partial charge in [0.2, 0.25) is 5.95 Å². The molecule has 0 saturated carbocycles. The van der Waals surface area contributed by atoms with Gasteiger partial charge in [-0.3, -0.25) is 0 Å². The molecular formula is C16H13F2N3. The lowest BCUT2D eigenvalue weighted by Crippen LogP contribution is -2.23. The van der Waals surface area contributed by atoms with E-state index in [1.807, 2.05) is 24.3 Å². The first-order valence-electron chi connectivity index (χ1n) is 6.90. The van der Waals surface area contributed by atoms with E-state index in [0.29, 0.717) is 0 Å². The van der Waals surface area contributed by atoms with Gasteiger partial charge in [-0.25, -0.2) is 13.8 Å². The van der Waals surface area contributed by atoms with E-state index in [4.69, 9.17) is 0 Å². The van der Waals surface area contributed by atoms with Crippen molar-refractivity contribution < 1.29 is 8.78 Å². The number of benzene rings is 2. The first-order chi connectivity index (χ1) is 10.2. The van der Waals surface area contributed by atoms with E-state index in [0.717, 1.165) is 35.5 Å². The zero-order chi connectivity index (χ0) is 14.4. The molecule has 1 atom stereocenters. The van der Waals surface area contributed by atoms with Crippen molar-refractivity contribution in [1.82, 2.24) is 9.55 Å². The SMILES string of the molecule is Fc1ccc(C2CCNc3nc4ccccc4n32)cc1F. The third-order valence-corrected chi connectivity index (χ3v) is 3.94. The largest absolute Gasteiger partial charge is 0.356 e. The summed E-state index contributed by atoms with van der Waals surface area (Å²) in [5.74, 6) is -0.849. The highest BCUT2D eigenvalue weighted by Gasteiger charge is 2.25. The molecule has 0 saturated heterocycles. The van der Waals surface area contributed by atoms with Gasteiger partial charge in [0.15, 0.2) is 11.6 Å². The van der Waals surface area contributed by atoms with Crippen LogP contribution in [0.1, 0.15) is 18.0 Å². The highest BCUT2D eigenvalue weighted by molar-refractivity contribution is 5.79. The molecule has 3 aromatic rings. The van der Waals surface area contributed by atoms with E-state index < -0.39 is 11.6 Å². The number of hydrogen-bond donors (Lipinski definition) is 1. The number of rotatable bonds is 1. The number of hydrogen-bond acceptors (Lipinski definition) is 2. The Morgan fingerprint density at radius 1 is 1.10 bits per heavy atom. The van der Waals surface area contributed by atoms with Crippen LogP contribution in [0.15, 0.2) is 42.5 Å². The molecule has 106 valence electrons. The predicted octanol–water partition coefficient (Wildman–Crippen LogP) is 3.72. The van der Waals surface area contributed by atoms with Crippen molar-refractivity contribution in [3.63, 3.8) is 0 Å². The highest BCUT2D eigenvalue weighted by atomic mass is 19.2. The molecule has 0 aliphatic carbocycles. The third-order valence-electron chi connectivity index (χ3n) is 3.94. The molecule has 1 aliphatic rings. The van der Waals surface area contributed by atoms with E-state index >= 15 is 0 Å². The molecule has 3 nitrogen and oxygen atoms in total. The van der Waals surface area contributed by atoms with Crippen LogP contribution in [0, 0.1) is 11.6 Å². The van der Waals surface area contributed by atoms with Gasteiger partial charge in [-0.05, 0) is 36.2 Å². The van der Waals surface area contributed by atoms with Crippen LogP contribution >= 0.6 is 0 Å². The molecule has 0 fully saturated rings. The van der Waals surface area contributed by atoms with Crippen LogP contribution in [0.25, 0.3) is 11.0 Å². The summed E-state index contributed by atoms with van der Waals surface area (Å²) in [4.78, 5) is 4.55. The molecule has 2 heterocycles. The second-order valence-electron chi connectivity index (χ2n) is 5.20. The van der Waals surface area contributed by atoms with Gasteiger partial charge >= 0.3 is 0 Å². The summed E-state index contributed by atoms with van der Waals surface area (Å²) >= 11 is 0. The molecule has 1 aliphatic heterocycles. The van der Waals surface area contributed by atoms with Gasteiger partial charge in [0.05, 0.1) is 17.1 Å². The maximum Gasteiger partial charge on any atom is 0.204 e. The summed E-state index contributed by atoms with van der Waals surface area (Å²) in [5, 5.41) is 3.26. The van der Waals surface area contributed by atoms with Crippen LogP contribution in [0.3, 0.4) is 0 Å². The van der Waals surface area contributed by atoms with Gasteiger partial charge in [0, 0.05) is 6.54 Å². The predicted molar refractivity (Wildman–Crippen MR) is 77.3 cm³/mol. The molecule has 4 rings (SSSR count). The highest BCUT2D eigenvalue weighted by Crippen LogP contribution is 2.34. The minimum Gasteiger partial charge on any atom is -0.356 e. The molecule has 0 radical (unpaired) electrons. The van der Waals surface area contributed by atoms with Crippen molar-refractivity contribution in [3.05, 3.63) is 59.7 Å². The van der Waals surface area contributed by atoms with Crippen molar-refractivity contribution in [2.75, 3.05) is 11.9 Å². The topological polar surface area (TPSA) is 29.9 Å². The summed E-state index contributed by atoms with van der Waals surface area (Å²) in [6, 6.07) is 11.9. The van der Waals surface area contributed by atoms with Crippen molar-refractivity contribution in [1.29, 1.82) is 0 Å². The number of imidazole rings is 1. The molecule has 1 unspecified atom stereocenters. The molecule has 0 spiro atoms. The fraction of sp³-hybridized carbons (Fsp3) is 0.188. The Hall–Kier alpha value is -2.43. The zero-order valence-corrected chi connectivity index (χ0v) is 11.2. The molecule has 1 N–H and O–H groups in total. The van der Waals surface area contributed by atoms with Gasteiger partial charge < -0.3 is 9.88 Å². The average molecular weight is 285 g/mol. The lowest BCUT2D eigenvalue weighted by Gasteiger charge is -2.27. The number of nitrogens with zero attached hydrogens (tertiary/aromatic N) is 2. The Labute approximate surface area is 120 Å². The van der Waals surface area contributed by atoms with E-state index in [2.05, 4.69) is 14.9 Å². The minimum absolute atomic E-state index is 0.0382. The van der Waals surface area contributed by atoms with Crippen molar-refractivity contribution >= 4 is 17.0 Å². The second-order valence-corrected chi connectivity index (χ2v) is 5.20. The van der Waals surface area contributed by atoms with Gasteiger partial charge in [-0.15, -0.1) is 0 Å². The molecule has 5 heteroatoms. The monoisotopic (exact) mass is 285 g/mol. The van der Waals surface area contributed by atoms with E-state index in [-0.39, 0.29) is 6.04 Å². The standard InChI is InChI=1S/C16H13F2N3/c17-11-6-5-10(9-12(11)18)14-7-8-19-16-20-13-3-1-2-4-15(13)21(14)16/h1-6,9,14H,7-8H2,(H,19,20). The number of aromatic nitrogens is 2. The van der Waals surface area contributed by atoms with Crippen molar-refractivity contribution in [2.24, 2.45) is 0 Å². The molecule has 2 aromatic carbocycles. The summed E-state index contributed by atoms with van der Waals surface area (Å²) in [5.41, 5.74) is 2.66. The second kappa shape index (κ2) is 4.55. The number of anilines is 1. The maximum atomic E-state index is 13.5. The first kappa shape index (κ1) is 12.3. The van der Waals surface area contributed by atoms with Gasteiger partial charge in [-0.1, -0.05) is 18.2 Å². The number of para-hydroxylation sites is 2. The Bertz CT molecular complexity index is 826. The van der Waals surface area contributed by atoms with Crippen molar-refractivity contribution in [2.45, 2.75) is 12.5 Å². The molecule has 21 heavy (non-hydrogen) atoms. The lowest BCUT2D eigenvalue weighted by molar-refractivity contribution is 0.496. The summed E-state index contributed by atoms with van der Waals surface area (Å²) in [6.45, 7) is 0.757. The zero-order valence-electron chi connectivity index (χ0n) is 11.2. The van der Waals surface area contributed by atoms with Crippen molar-refractivity contribution in [3.8, 4) is 0 Å².